The predicted molar refractivity (Wildman–Crippen MR) is 129 cm³/mol. The van der Waals surface area contributed by atoms with Gasteiger partial charge in [-0.25, -0.2) is 4.98 Å². The van der Waals surface area contributed by atoms with Crippen molar-refractivity contribution in [1.82, 2.24) is 9.55 Å². The van der Waals surface area contributed by atoms with E-state index in [9.17, 15) is 4.79 Å². The van der Waals surface area contributed by atoms with E-state index in [0.29, 0.717) is 53.1 Å². The number of fused-ring (bicyclic) bond motifs is 1. The molecule has 3 aromatic carbocycles. The normalized spacial score (nSPS) is 11.1. The molecule has 0 saturated heterocycles. The lowest BCUT2D eigenvalue weighted by Gasteiger charge is -2.14. The Morgan fingerprint density at radius 2 is 1.72 bits per heavy atom. The number of halogens is 2. The summed E-state index contributed by atoms with van der Waals surface area (Å²) >= 11 is 12.1. The van der Waals surface area contributed by atoms with Gasteiger partial charge in [0.1, 0.15) is 18.2 Å². The quantitative estimate of drug-likeness (QED) is 0.307. The maximum absolute atomic E-state index is 13.2. The second-order valence-electron chi connectivity index (χ2n) is 7.29. The molecule has 1 heterocycles. The number of aryl methyl sites for hydroxylation is 1. The number of nitrogens with zero attached hydrogens (tertiary/aromatic N) is 2. The number of aromatic nitrogens is 2. The largest absolute Gasteiger partial charge is 0.491 e. The number of rotatable bonds is 8. The Hall–Kier alpha value is -2.86. The molecule has 0 aliphatic heterocycles. The summed E-state index contributed by atoms with van der Waals surface area (Å²) in [6, 6.07) is 20.2. The first-order valence-electron chi connectivity index (χ1n) is 10.2. The second kappa shape index (κ2) is 10.2. The SMILES string of the molecule is Cc1cc(OCCOCCn2c(-c3ccc(Cl)cc3)nc3ccccc3c2=O)ccc1Cl. The molecule has 4 rings (SSSR count). The Morgan fingerprint density at radius 3 is 2.50 bits per heavy atom. The highest BCUT2D eigenvalue weighted by molar-refractivity contribution is 6.31. The Bertz CT molecular complexity index is 1290. The number of para-hydroxylation sites is 1. The molecular formula is C25H22Cl2N2O3. The predicted octanol–water partition coefficient (Wildman–Crippen LogP) is 5.77. The van der Waals surface area contributed by atoms with Crippen molar-refractivity contribution in [2.45, 2.75) is 13.5 Å². The highest BCUT2D eigenvalue weighted by Gasteiger charge is 2.12. The molecule has 0 spiro atoms. The van der Waals surface area contributed by atoms with E-state index in [-0.39, 0.29) is 5.56 Å². The summed E-state index contributed by atoms with van der Waals surface area (Å²) in [5.41, 5.74) is 2.34. The average Bonchev–Trinajstić information content (AvgIpc) is 2.80. The van der Waals surface area contributed by atoms with Crippen LogP contribution in [0.25, 0.3) is 22.3 Å². The standard InChI is InChI=1S/C25H22Cl2N2O3/c1-17-16-20(10-11-22(17)27)32-15-14-31-13-12-29-24(18-6-8-19(26)9-7-18)28-23-5-3-2-4-21(23)25(29)30/h2-11,16H,12-15H2,1H3. The van der Waals surface area contributed by atoms with Gasteiger partial charge in [-0.3, -0.25) is 9.36 Å². The first kappa shape index (κ1) is 22.3. The lowest BCUT2D eigenvalue weighted by Crippen LogP contribution is -2.26. The number of hydrogen-bond acceptors (Lipinski definition) is 4. The lowest BCUT2D eigenvalue weighted by molar-refractivity contribution is 0.0940. The highest BCUT2D eigenvalue weighted by Crippen LogP contribution is 2.22. The number of benzene rings is 3. The molecule has 1 aromatic heterocycles. The Labute approximate surface area is 196 Å². The van der Waals surface area contributed by atoms with Crippen LogP contribution in [0.2, 0.25) is 10.0 Å². The minimum atomic E-state index is -0.1000. The minimum Gasteiger partial charge on any atom is -0.491 e. The maximum Gasteiger partial charge on any atom is 0.261 e. The second-order valence-corrected chi connectivity index (χ2v) is 8.13. The van der Waals surface area contributed by atoms with E-state index in [1.807, 2.05) is 55.5 Å². The van der Waals surface area contributed by atoms with Crippen molar-refractivity contribution in [1.29, 1.82) is 0 Å². The van der Waals surface area contributed by atoms with Gasteiger partial charge in [-0.15, -0.1) is 0 Å². The van der Waals surface area contributed by atoms with Crippen LogP contribution >= 0.6 is 23.2 Å². The molecule has 0 amide bonds. The van der Waals surface area contributed by atoms with E-state index in [4.69, 9.17) is 37.7 Å². The molecule has 0 aliphatic rings. The summed E-state index contributed by atoms with van der Waals surface area (Å²) in [6.45, 7) is 3.45. The lowest BCUT2D eigenvalue weighted by atomic mass is 10.2. The zero-order chi connectivity index (χ0) is 22.5. The van der Waals surface area contributed by atoms with Crippen LogP contribution in [0.15, 0.2) is 71.5 Å². The third-order valence-electron chi connectivity index (χ3n) is 5.05. The molecule has 4 aromatic rings. The van der Waals surface area contributed by atoms with Gasteiger partial charge in [0, 0.05) is 15.6 Å². The third kappa shape index (κ3) is 5.13. The third-order valence-corrected chi connectivity index (χ3v) is 5.73. The van der Waals surface area contributed by atoms with Crippen LogP contribution in [0.3, 0.4) is 0 Å². The first-order valence-corrected chi connectivity index (χ1v) is 11.0. The van der Waals surface area contributed by atoms with Gasteiger partial charge in [0.15, 0.2) is 0 Å². The Morgan fingerprint density at radius 1 is 0.938 bits per heavy atom. The minimum absolute atomic E-state index is 0.1000. The van der Waals surface area contributed by atoms with E-state index in [2.05, 4.69) is 0 Å². The Kier molecular flexibility index (Phi) is 7.10. The molecule has 0 atom stereocenters. The molecule has 0 fully saturated rings. The van der Waals surface area contributed by atoms with Gasteiger partial charge in [0.05, 0.1) is 30.7 Å². The van der Waals surface area contributed by atoms with E-state index >= 15 is 0 Å². The number of hydrogen-bond donors (Lipinski definition) is 0. The average molecular weight is 469 g/mol. The van der Waals surface area contributed by atoms with Crippen LogP contribution in [-0.4, -0.2) is 29.4 Å². The smallest absolute Gasteiger partial charge is 0.261 e. The topological polar surface area (TPSA) is 53.4 Å². The molecular weight excluding hydrogens is 447 g/mol. The van der Waals surface area contributed by atoms with Crippen molar-refractivity contribution in [2.24, 2.45) is 0 Å². The molecule has 7 heteroatoms. The van der Waals surface area contributed by atoms with Crippen molar-refractivity contribution in [3.63, 3.8) is 0 Å². The fourth-order valence-corrected chi connectivity index (χ4v) is 3.62. The molecule has 0 unspecified atom stereocenters. The van der Waals surface area contributed by atoms with Crippen molar-refractivity contribution in [3.05, 3.63) is 92.7 Å². The van der Waals surface area contributed by atoms with Gasteiger partial charge in [0.25, 0.3) is 5.56 Å². The summed E-state index contributed by atoms with van der Waals surface area (Å²) in [5.74, 6) is 1.33. The Balaban J connectivity index is 1.45. The summed E-state index contributed by atoms with van der Waals surface area (Å²) in [6.07, 6.45) is 0. The van der Waals surface area contributed by atoms with Gasteiger partial charge in [-0.2, -0.15) is 0 Å². The monoisotopic (exact) mass is 468 g/mol. The van der Waals surface area contributed by atoms with E-state index in [1.165, 1.54) is 0 Å². The zero-order valence-electron chi connectivity index (χ0n) is 17.6. The molecule has 0 radical (unpaired) electrons. The molecule has 0 saturated carbocycles. The summed E-state index contributed by atoms with van der Waals surface area (Å²) in [5, 5.41) is 1.91. The van der Waals surface area contributed by atoms with Crippen molar-refractivity contribution < 1.29 is 9.47 Å². The first-order chi connectivity index (χ1) is 15.5. The van der Waals surface area contributed by atoms with Gasteiger partial charge in [-0.1, -0.05) is 35.3 Å². The van der Waals surface area contributed by atoms with E-state index < -0.39 is 0 Å². The van der Waals surface area contributed by atoms with E-state index in [1.54, 1.807) is 22.8 Å². The van der Waals surface area contributed by atoms with Crippen LogP contribution in [0.1, 0.15) is 5.56 Å². The maximum atomic E-state index is 13.2. The molecule has 0 bridgehead atoms. The van der Waals surface area contributed by atoms with Gasteiger partial charge < -0.3 is 9.47 Å². The van der Waals surface area contributed by atoms with Gasteiger partial charge in [-0.05, 0) is 67.1 Å². The molecule has 0 aliphatic carbocycles. The van der Waals surface area contributed by atoms with Crippen LogP contribution in [0, 0.1) is 6.92 Å². The van der Waals surface area contributed by atoms with Gasteiger partial charge in [0.2, 0.25) is 0 Å². The number of ether oxygens (including phenoxy) is 2. The summed E-state index contributed by atoms with van der Waals surface area (Å²) in [4.78, 5) is 17.9. The van der Waals surface area contributed by atoms with E-state index in [0.717, 1.165) is 16.9 Å². The van der Waals surface area contributed by atoms with Crippen molar-refractivity contribution >= 4 is 34.1 Å². The fourth-order valence-electron chi connectivity index (χ4n) is 3.38. The molecule has 0 N–H and O–H groups in total. The molecule has 164 valence electrons. The summed E-state index contributed by atoms with van der Waals surface area (Å²) in [7, 11) is 0. The van der Waals surface area contributed by atoms with Crippen LogP contribution in [0.5, 0.6) is 5.75 Å². The van der Waals surface area contributed by atoms with Crippen LogP contribution < -0.4 is 10.3 Å². The van der Waals surface area contributed by atoms with Crippen LogP contribution in [0.4, 0.5) is 0 Å². The van der Waals surface area contributed by atoms with Crippen LogP contribution in [-0.2, 0) is 11.3 Å². The fraction of sp³-hybridized carbons (Fsp3) is 0.200. The van der Waals surface area contributed by atoms with Gasteiger partial charge >= 0.3 is 0 Å². The zero-order valence-corrected chi connectivity index (χ0v) is 19.1. The summed E-state index contributed by atoms with van der Waals surface area (Å²) < 4.78 is 13.1. The molecule has 32 heavy (non-hydrogen) atoms. The highest BCUT2D eigenvalue weighted by atomic mass is 35.5. The van der Waals surface area contributed by atoms with Crippen molar-refractivity contribution in [3.8, 4) is 17.1 Å². The molecule has 5 nitrogen and oxygen atoms in total. The van der Waals surface area contributed by atoms with Crippen molar-refractivity contribution in [2.75, 3.05) is 19.8 Å².